The quantitative estimate of drug-likeness (QED) is 0.254. The molecule has 1 saturated heterocycles. The number of aromatic nitrogens is 2. The summed E-state index contributed by atoms with van der Waals surface area (Å²) in [7, 11) is 0. The number of rotatable bonds is 8. The van der Waals surface area contributed by atoms with Crippen LogP contribution in [0.1, 0.15) is 22.8 Å². The number of nitrogens with one attached hydrogen (secondary N) is 1. The molecule has 0 radical (unpaired) electrons. The molecule has 3 aromatic rings. The Bertz CT molecular complexity index is 1210. The third-order valence-electron chi connectivity index (χ3n) is 5.89. The van der Waals surface area contributed by atoms with Crippen molar-refractivity contribution in [1.29, 1.82) is 0 Å². The molecule has 0 bridgehead atoms. The lowest BCUT2D eigenvalue weighted by Crippen LogP contribution is -2.54. The van der Waals surface area contributed by atoms with Gasteiger partial charge < -0.3 is 15.1 Å². The topological polar surface area (TPSA) is 78.4 Å². The Balaban J connectivity index is 1.31. The van der Waals surface area contributed by atoms with Crippen molar-refractivity contribution < 1.29 is 9.59 Å². The van der Waals surface area contributed by atoms with Crippen LogP contribution in [0.4, 0.5) is 5.82 Å². The van der Waals surface area contributed by atoms with Crippen molar-refractivity contribution in [2.45, 2.75) is 24.5 Å². The fraction of sp³-hybridized carbons (Fsp3) is 0.308. The molecule has 1 aliphatic rings. The molecule has 1 atom stereocenters. The summed E-state index contributed by atoms with van der Waals surface area (Å²) in [5, 5.41) is 4.13. The first-order valence-electron chi connectivity index (χ1n) is 11.7. The maximum absolute atomic E-state index is 13.0. The van der Waals surface area contributed by atoms with Crippen LogP contribution in [0.25, 0.3) is 0 Å². The fourth-order valence-corrected chi connectivity index (χ4v) is 5.17. The molecule has 0 aliphatic carbocycles. The van der Waals surface area contributed by atoms with E-state index in [9.17, 15) is 9.59 Å². The number of piperazine rings is 1. The Morgan fingerprint density at radius 1 is 1.06 bits per heavy atom. The number of hydrogen-bond acceptors (Lipinski definition) is 6. The zero-order valence-electron chi connectivity index (χ0n) is 19.9. The van der Waals surface area contributed by atoms with Crippen molar-refractivity contribution in [2.24, 2.45) is 0 Å². The van der Waals surface area contributed by atoms with Gasteiger partial charge in [0.1, 0.15) is 11.0 Å². The summed E-state index contributed by atoms with van der Waals surface area (Å²) in [5.74, 6) is 0.716. The molecule has 1 aromatic heterocycles. The van der Waals surface area contributed by atoms with Gasteiger partial charge in [-0.15, -0.1) is 0 Å². The van der Waals surface area contributed by atoms with Crippen LogP contribution >= 0.6 is 35.0 Å². The largest absolute Gasteiger partial charge is 0.355 e. The number of nitrogens with zero attached hydrogens (tertiary/aromatic N) is 4. The Labute approximate surface area is 225 Å². The van der Waals surface area contributed by atoms with Crippen molar-refractivity contribution in [3.63, 3.8) is 0 Å². The normalized spacial score (nSPS) is 15.6. The Morgan fingerprint density at radius 2 is 1.81 bits per heavy atom. The molecular formula is C26H27Cl2N5O2S. The summed E-state index contributed by atoms with van der Waals surface area (Å²) in [6.45, 7) is 4.28. The van der Waals surface area contributed by atoms with Gasteiger partial charge in [0.2, 0.25) is 5.91 Å². The van der Waals surface area contributed by atoms with Crippen LogP contribution in [0, 0.1) is 0 Å². The second kappa shape index (κ2) is 12.4. The molecule has 2 amide bonds. The first kappa shape index (κ1) is 26.3. The van der Waals surface area contributed by atoms with E-state index in [0.29, 0.717) is 52.9 Å². The van der Waals surface area contributed by atoms with Gasteiger partial charge in [-0.1, -0.05) is 77.4 Å². The summed E-state index contributed by atoms with van der Waals surface area (Å²) < 4.78 is 0. The van der Waals surface area contributed by atoms with Gasteiger partial charge in [-0.25, -0.2) is 9.97 Å². The highest BCUT2D eigenvalue weighted by Crippen LogP contribution is 2.25. The van der Waals surface area contributed by atoms with E-state index in [1.807, 2.05) is 54.3 Å². The molecule has 1 fully saturated rings. The SMILES string of the molecule is CC1CN(c2cc(Cl)nc(SCC(=O)NCCc3ccccc3)n2)CCN1C(=O)c1ccccc1Cl. The van der Waals surface area contributed by atoms with E-state index < -0.39 is 0 Å². The molecule has 2 aromatic carbocycles. The first-order chi connectivity index (χ1) is 17.4. The van der Waals surface area contributed by atoms with Crippen LogP contribution in [0.5, 0.6) is 0 Å². The fourth-order valence-electron chi connectivity index (χ4n) is 4.04. The summed E-state index contributed by atoms with van der Waals surface area (Å²) in [6, 6.07) is 18.8. The molecule has 1 N–H and O–H groups in total. The predicted molar refractivity (Wildman–Crippen MR) is 145 cm³/mol. The van der Waals surface area contributed by atoms with Gasteiger partial charge in [-0.2, -0.15) is 0 Å². The number of hydrogen-bond donors (Lipinski definition) is 1. The van der Waals surface area contributed by atoms with E-state index in [4.69, 9.17) is 23.2 Å². The number of carbonyl (C=O) groups excluding carboxylic acids is 2. The maximum atomic E-state index is 13.0. The van der Waals surface area contributed by atoms with Crippen LogP contribution < -0.4 is 10.2 Å². The van der Waals surface area contributed by atoms with Crippen LogP contribution in [-0.2, 0) is 11.2 Å². The average molecular weight is 545 g/mol. The second-order valence-electron chi connectivity index (χ2n) is 8.48. The minimum atomic E-state index is -0.0821. The smallest absolute Gasteiger partial charge is 0.255 e. The zero-order valence-corrected chi connectivity index (χ0v) is 22.2. The van der Waals surface area contributed by atoms with Gasteiger partial charge in [0, 0.05) is 38.3 Å². The van der Waals surface area contributed by atoms with E-state index in [1.54, 1.807) is 18.2 Å². The highest BCUT2D eigenvalue weighted by Gasteiger charge is 2.30. The zero-order chi connectivity index (χ0) is 25.5. The van der Waals surface area contributed by atoms with E-state index >= 15 is 0 Å². The third kappa shape index (κ3) is 6.90. The van der Waals surface area contributed by atoms with Gasteiger partial charge in [-0.3, -0.25) is 9.59 Å². The van der Waals surface area contributed by atoms with Crippen molar-refractivity contribution in [2.75, 3.05) is 36.8 Å². The van der Waals surface area contributed by atoms with Crippen LogP contribution in [0.3, 0.4) is 0 Å². The molecule has 36 heavy (non-hydrogen) atoms. The summed E-state index contributed by atoms with van der Waals surface area (Å²) >= 11 is 13.8. The van der Waals surface area contributed by atoms with Crippen LogP contribution in [0.2, 0.25) is 10.2 Å². The number of anilines is 1. The maximum Gasteiger partial charge on any atom is 0.255 e. The third-order valence-corrected chi connectivity index (χ3v) is 7.26. The molecule has 0 spiro atoms. The standard InChI is InChI=1S/C26H27Cl2N5O2S/c1-18-16-32(13-14-33(18)25(35)20-9-5-6-10-21(20)27)23-15-22(28)30-26(31-23)36-17-24(34)29-12-11-19-7-3-2-4-8-19/h2-10,15,18H,11-14,16-17H2,1H3,(H,29,34). The minimum Gasteiger partial charge on any atom is -0.355 e. The summed E-state index contributed by atoms with van der Waals surface area (Å²) in [6.07, 6.45) is 0.776. The Kier molecular flexibility index (Phi) is 9.07. The van der Waals surface area contributed by atoms with Crippen LogP contribution in [-0.4, -0.2) is 64.7 Å². The minimum absolute atomic E-state index is 0.0530. The number of benzene rings is 2. The monoisotopic (exact) mass is 543 g/mol. The van der Waals surface area contributed by atoms with Crippen molar-refractivity contribution in [3.05, 3.63) is 82.0 Å². The van der Waals surface area contributed by atoms with Gasteiger partial charge in [0.15, 0.2) is 5.16 Å². The second-order valence-corrected chi connectivity index (χ2v) is 10.2. The van der Waals surface area contributed by atoms with Crippen molar-refractivity contribution in [3.8, 4) is 0 Å². The molecule has 1 aliphatic heterocycles. The van der Waals surface area contributed by atoms with Gasteiger partial charge >= 0.3 is 0 Å². The Hall–Kier alpha value is -2.81. The molecular weight excluding hydrogens is 517 g/mol. The average Bonchev–Trinajstić information content (AvgIpc) is 2.88. The highest BCUT2D eigenvalue weighted by atomic mass is 35.5. The lowest BCUT2D eigenvalue weighted by Gasteiger charge is -2.40. The molecule has 188 valence electrons. The predicted octanol–water partition coefficient (Wildman–Crippen LogP) is 4.59. The number of carbonyl (C=O) groups is 2. The molecule has 0 saturated carbocycles. The molecule has 7 nitrogen and oxygen atoms in total. The summed E-state index contributed by atoms with van der Waals surface area (Å²) in [4.78, 5) is 38.1. The highest BCUT2D eigenvalue weighted by molar-refractivity contribution is 7.99. The van der Waals surface area contributed by atoms with Crippen molar-refractivity contribution in [1.82, 2.24) is 20.2 Å². The van der Waals surface area contributed by atoms with Gasteiger partial charge in [0.05, 0.1) is 16.3 Å². The molecule has 1 unspecified atom stereocenters. The van der Waals surface area contributed by atoms with E-state index in [1.165, 1.54) is 17.3 Å². The van der Waals surface area contributed by atoms with Gasteiger partial charge in [0.25, 0.3) is 5.91 Å². The first-order valence-corrected chi connectivity index (χ1v) is 13.4. The Morgan fingerprint density at radius 3 is 2.56 bits per heavy atom. The molecule has 10 heteroatoms. The van der Waals surface area contributed by atoms with E-state index in [0.717, 1.165) is 6.42 Å². The summed E-state index contributed by atoms with van der Waals surface area (Å²) in [5.41, 5.74) is 1.68. The number of halogens is 2. The van der Waals surface area contributed by atoms with Crippen LogP contribution in [0.15, 0.2) is 65.8 Å². The number of thioether (sulfide) groups is 1. The molecule has 4 rings (SSSR count). The lowest BCUT2D eigenvalue weighted by molar-refractivity contribution is -0.118. The number of amides is 2. The van der Waals surface area contributed by atoms with E-state index in [2.05, 4.69) is 20.2 Å². The van der Waals surface area contributed by atoms with Crippen molar-refractivity contribution >= 4 is 52.6 Å². The van der Waals surface area contributed by atoms with E-state index in [-0.39, 0.29) is 23.6 Å². The molecule has 2 heterocycles. The lowest BCUT2D eigenvalue weighted by atomic mass is 10.1. The van der Waals surface area contributed by atoms with Gasteiger partial charge in [-0.05, 0) is 31.0 Å².